The molecule has 15 heavy (non-hydrogen) atoms. The molecule has 0 amide bonds. The normalized spacial score (nSPS) is 16.4. The quantitative estimate of drug-likeness (QED) is 0.667. The van der Waals surface area contributed by atoms with Gasteiger partial charge in [0.2, 0.25) is 0 Å². The van der Waals surface area contributed by atoms with Crippen molar-refractivity contribution in [2.24, 2.45) is 11.3 Å². The lowest BCUT2D eigenvalue weighted by molar-refractivity contribution is 0.271. The average molecular weight is 213 g/mol. The number of rotatable bonds is 7. The summed E-state index contributed by atoms with van der Waals surface area (Å²) in [6.07, 6.45) is 5.28. The van der Waals surface area contributed by atoms with E-state index in [0.29, 0.717) is 5.41 Å². The molecule has 1 heteroatoms. The molecule has 1 N–H and O–H groups in total. The van der Waals surface area contributed by atoms with Crippen molar-refractivity contribution in [2.45, 2.75) is 73.3 Å². The summed E-state index contributed by atoms with van der Waals surface area (Å²) in [7, 11) is 0. The first kappa shape index (κ1) is 15.0. The molecule has 0 spiro atoms. The van der Waals surface area contributed by atoms with E-state index in [4.69, 9.17) is 0 Å². The van der Waals surface area contributed by atoms with Crippen molar-refractivity contribution in [1.82, 2.24) is 5.32 Å². The van der Waals surface area contributed by atoms with Crippen LogP contribution in [0, 0.1) is 11.3 Å². The SMILES string of the molecule is CCCC(CC(C)CC(C)(C)C)NCC. The van der Waals surface area contributed by atoms with Crippen LogP contribution in [-0.2, 0) is 0 Å². The summed E-state index contributed by atoms with van der Waals surface area (Å²) in [5, 5.41) is 3.60. The van der Waals surface area contributed by atoms with E-state index >= 15 is 0 Å². The molecule has 0 saturated carbocycles. The van der Waals surface area contributed by atoms with Crippen molar-refractivity contribution in [1.29, 1.82) is 0 Å². The maximum atomic E-state index is 3.60. The maximum Gasteiger partial charge on any atom is 0.00693 e. The molecule has 0 rings (SSSR count). The largest absolute Gasteiger partial charge is 0.314 e. The standard InChI is InChI=1S/C14H31N/c1-7-9-13(15-8-2)10-12(3)11-14(4,5)6/h12-13,15H,7-11H2,1-6H3. The summed E-state index contributed by atoms with van der Waals surface area (Å²) >= 11 is 0. The number of hydrogen-bond acceptors (Lipinski definition) is 1. The zero-order valence-electron chi connectivity index (χ0n) is 11.7. The first-order valence-electron chi connectivity index (χ1n) is 6.62. The van der Waals surface area contributed by atoms with Gasteiger partial charge in [0.1, 0.15) is 0 Å². The lowest BCUT2D eigenvalue weighted by Crippen LogP contribution is -2.31. The van der Waals surface area contributed by atoms with Gasteiger partial charge in [-0.3, -0.25) is 0 Å². The van der Waals surface area contributed by atoms with E-state index < -0.39 is 0 Å². The second kappa shape index (κ2) is 7.27. The average Bonchev–Trinajstić information content (AvgIpc) is 2.00. The first-order chi connectivity index (χ1) is 6.89. The van der Waals surface area contributed by atoms with Gasteiger partial charge in [0.05, 0.1) is 0 Å². The Morgan fingerprint density at radius 3 is 2.13 bits per heavy atom. The van der Waals surface area contributed by atoms with Gasteiger partial charge >= 0.3 is 0 Å². The Hall–Kier alpha value is -0.0400. The predicted molar refractivity (Wildman–Crippen MR) is 70.2 cm³/mol. The summed E-state index contributed by atoms with van der Waals surface area (Å²) in [4.78, 5) is 0. The van der Waals surface area contributed by atoms with Crippen molar-refractivity contribution in [2.75, 3.05) is 6.54 Å². The summed E-state index contributed by atoms with van der Waals surface area (Å²) in [5.74, 6) is 0.834. The van der Waals surface area contributed by atoms with Crippen molar-refractivity contribution in [3.05, 3.63) is 0 Å². The Balaban J connectivity index is 3.93. The summed E-state index contributed by atoms with van der Waals surface area (Å²) in [6, 6.07) is 0.734. The Kier molecular flexibility index (Phi) is 7.25. The zero-order valence-corrected chi connectivity index (χ0v) is 11.7. The molecule has 0 radical (unpaired) electrons. The molecular formula is C14H31N. The minimum Gasteiger partial charge on any atom is -0.314 e. The van der Waals surface area contributed by atoms with Gasteiger partial charge in [-0.25, -0.2) is 0 Å². The van der Waals surface area contributed by atoms with Crippen LogP contribution < -0.4 is 5.32 Å². The Morgan fingerprint density at radius 1 is 1.13 bits per heavy atom. The fourth-order valence-electron chi connectivity index (χ4n) is 2.55. The summed E-state index contributed by atoms with van der Waals surface area (Å²) in [5.41, 5.74) is 0.475. The maximum absolute atomic E-state index is 3.60. The molecule has 2 unspecified atom stereocenters. The zero-order chi connectivity index (χ0) is 11.9. The second-order valence-corrected chi connectivity index (χ2v) is 6.15. The van der Waals surface area contributed by atoms with Crippen molar-refractivity contribution in [3.8, 4) is 0 Å². The van der Waals surface area contributed by atoms with E-state index in [2.05, 4.69) is 46.9 Å². The molecule has 0 saturated heterocycles. The molecule has 0 aromatic heterocycles. The van der Waals surface area contributed by atoms with Crippen LogP contribution in [0.25, 0.3) is 0 Å². The molecule has 0 aliphatic heterocycles. The van der Waals surface area contributed by atoms with Crippen molar-refractivity contribution >= 4 is 0 Å². The molecule has 92 valence electrons. The smallest absolute Gasteiger partial charge is 0.00693 e. The lowest BCUT2D eigenvalue weighted by Gasteiger charge is -2.27. The van der Waals surface area contributed by atoms with E-state index in [1.54, 1.807) is 0 Å². The van der Waals surface area contributed by atoms with Gasteiger partial charge in [0.15, 0.2) is 0 Å². The Morgan fingerprint density at radius 2 is 1.73 bits per heavy atom. The topological polar surface area (TPSA) is 12.0 Å². The minimum atomic E-state index is 0.475. The fourth-order valence-corrected chi connectivity index (χ4v) is 2.55. The number of hydrogen-bond donors (Lipinski definition) is 1. The van der Waals surface area contributed by atoms with Gasteiger partial charge in [-0.1, -0.05) is 48.0 Å². The highest BCUT2D eigenvalue weighted by Crippen LogP contribution is 2.27. The minimum absolute atomic E-state index is 0.475. The Bertz CT molecular complexity index is 140. The van der Waals surface area contributed by atoms with Gasteiger partial charge < -0.3 is 5.32 Å². The lowest BCUT2D eigenvalue weighted by atomic mass is 9.82. The van der Waals surface area contributed by atoms with E-state index in [9.17, 15) is 0 Å². The van der Waals surface area contributed by atoms with E-state index in [1.165, 1.54) is 25.7 Å². The molecule has 0 heterocycles. The molecule has 0 bridgehead atoms. The highest BCUT2D eigenvalue weighted by atomic mass is 14.9. The van der Waals surface area contributed by atoms with E-state index in [-0.39, 0.29) is 0 Å². The van der Waals surface area contributed by atoms with E-state index in [0.717, 1.165) is 18.5 Å². The van der Waals surface area contributed by atoms with Crippen LogP contribution in [0.4, 0.5) is 0 Å². The van der Waals surface area contributed by atoms with Crippen LogP contribution in [0.5, 0.6) is 0 Å². The molecule has 2 atom stereocenters. The Labute approximate surface area is 97.0 Å². The molecule has 0 fully saturated rings. The molecule has 0 aliphatic carbocycles. The molecule has 0 aromatic carbocycles. The second-order valence-electron chi connectivity index (χ2n) is 6.15. The van der Waals surface area contributed by atoms with Gasteiger partial charge in [-0.05, 0) is 37.1 Å². The van der Waals surface area contributed by atoms with Gasteiger partial charge in [0, 0.05) is 6.04 Å². The van der Waals surface area contributed by atoms with Crippen molar-refractivity contribution in [3.63, 3.8) is 0 Å². The van der Waals surface area contributed by atoms with Crippen LogP contribution in [0.1, 0.15) is 67.2 Å². The highest BCUT2D eigenvalue weighted by Gasteiger charge is 2.18. The van der Waals surface area contributed by atoms with Crippen LogP contribution in [0.15, 0.2) is 0 Å². The fraction of sp³-hybridized carbons (Fsp3) is 1.00. The molecule has 1 nitrogen and oxygen atoms in total. The van der Waals surface area contributed by atoms with Gasteiger partial charge in [-0.2, -0.15) is 0 Å². The third-order valence-corrected chi connectivity index (χ3v) is 2.78. The van der Waals surface area contributed by atoms with Crippen LogP contribution in [-0.4, -0.2) is 12.6 Å². The van der Waals surface area contributed by atoms with Crippen molar-refractivity contribution < 1.29 is 0 Å². The van der Waals surface area contributed by atoms with Crippen LogP contribution in [0.2, 0.25) is 0 Å². The highest BCUT2D eigenvalue weighted by molar-refractivity contribution is 4.73. The third-order valence-electron chi connectivity index (χ3n) is 2.78. The summed E-state index contributed by atoms with van der Waals surface area (Å²) in [6.45, 7) is 15.0. The van der Waals surface area contributed by atoms with Gasteiger partial charge in [-0.15, -0.1) is 0 Å². The summed E-state index contributed by atoms with van der Waals surface area (Å²) < 4.78 is 0. The van der Waals surface area contributed by atoms with Crippen LogP contribution >= 0.6 is 0 Å². The van der Waals surface area contributed by atoms with Gasteiger partial charge in [0.25, 0.3) is 0 Å². The predicted octanol–water partition coefficient (Wildman–Crippen LogP) is 4.23. The molecule has 0 aromatic rings. The third kappa shape index (κ3) is 8.92. The molecule has 0 aliphatic rings. The van der Waals surface area contributed by atoms with E-state index in [1.807, 2.05) is 0 Å². The van der Waals surface area contributed by atoms with Crippen LogP contribution in [0.3, 0.4) is 0 Å². The first-order valence-corrected chi connectivity index (χ1v) is 6.62. The molecular weight excluding hydrogens is 182 g/mol. The number of nitrogens with one attached hydrogen (secondary N) is 1. The monoisotopic (exact) mass is 213 g/mol.